The number of piperazine rings is 1. The van der Waals surface area contributed by atoms with Gasteiger partial charge in [0.05, 0.1) is 0 Å². The van der Waals surface area contributed by atoms with Crippen LogP contribution in [-0.2, 0) is 9.53 Å². The average Bonchev–Trinajstić information content (AvgIpc) is 3.11. The van der Waals surface area contributed by atoms with Gasteiger partial charge in [0.15, 0.2) is 5.96 Å². The molecule has 3 aliphatic rings. The van der Waals surface area contributed by atoms with Gasteiger partial charge in [-0.3, -0.25) is 9.79 Å². The molecule has 2 heterocycles. The molecular weight excluding hydrogens is 431 g/mol. The summed E-state index contributed by atoms with van der Waals surface area (Å²) in [6.07, 6.45) is 5.53. The third-order valence-corrected chi connectivity index (χ3v) is 5.30. The van der Waals surface area contributed by atoms with E-state index >= 15 is 0 Å². The Morgan fingerprint density at radius 2 is 1.92 bits per heavy atom. The van der Waals surface area contributed by atoms with Crippen molar-refractivity contribution in [2.45, 2.75) is 58.1 Å². The summed E-state index contributed by atoms with van der Waals surface area (Å²) in [5, 5.41) is 3.64. The fraction of sp³-hybridized carbons (Fsp3) is 0.889. The summed E-state index contributed by atoms with van der Waals surface area (Å²) in [5.74, 6) is 2.03. The second kappa shape index (κ2) is 9.94. The molecule has 0 aromatic carbocycles. The van der Waals surface area contributed by atoms with Crippen molar-refractivity contribution >= 4 is 35.8 Å². The number of rotatable bonds is 5. The fourth-order valence-corrected chi connectivity index (χ4v) is 3.78. The standard InChI is InChI=1S/C18H32N4O2.HI/c1-3-6-14-13-15(14)20-18(19-4-2)22-10-8-21(9-11-22)17(23)16-7-5-12-24-16;/h14-16H,3-13H2,1-2H3,(H,19,20);1H. The minimum absolute atomic E-state index is 0. The monoisotopic (exact) mass is 464 g/mol. The zero-order valence-electron chi connectivity index (χ0n) is 15.6. The van der Waals surface area contributed by atoms with Crippen LogP contribution in [0.15, 0.2) is 4.99 Å². The molecule has 3 unspecified atom stereocenters. The van der Waals surface area contributed by atoms with E-state index in [4.69, 9.17) is 4.74 Å². The van der Waals surface area contributed by atoms with Crippen molar-refractivity contribution in [1.29, 1.82) is 0 Å². The molecule has 0 spiro atoms. The zero-order chi connectivity index (χ0) is 16.9. The van der Waals surface area contributed by atoms with Crippen LogP contribution in [0, 0.1) is 5.92 Å². The number of nitrogens with one attached hydrogen (secondary N) is 1. The van der Waals surface area contributed by atoms with Gasteiger partial charge < -0.3 is 19.9 Å². The lowest BCUT2D eigenvalue weighted by atomic mass is 10.2. The number of halogens is 1. The van der Waals surface area contributed by atoms with E-state index in [1.807, 2.05) is 4.90 Å². The van der Waals surface area contributed by atoms with Crippen LogP contribution >= 0.6 is 24.0 Å². The lowest BCUT2D eigenvalue weighted by Gasteiger charge is -2.37. The summed E-state index contributed by atoms with van der Waals surface area (Å²) in [5.41, 5.74) is 0. The largest absolute Gasteiger partial charge is 0.368 e. The maximum absolute atomic E-state index is 12.4. The van der Waals surface area contributed by atoms with E-state index in [0.29, 0.717) is 6.04 Å². The Hall–Kier alpha value is -0.570. The van der Waals surface area contributed by atoms with Crippen LogP contribution in [0.3, 0.4) is 0 Å². The van der Waals surface area contributed by atoms with E-state index in [1.165, 1.54) is 19.3 Å². The van der Waals surface area contributed by atoms with Crippen LogP contribution in [0.1, 0.15) is 46.0 Å². The number of nitrogens with zero attached hydrogens (tertiary/aromatic N) is 3. The molecule has 7 heteroatoms. The molecule has 2 saturated heterocycles. The maximum atomic E-state index is 12.4. The normalized spacial score (nSPS) is 29.4. The summed E-state index contributed by atoms with van der Waals surface area (Å²) in [6, 6.07) is 0.599. The van der Waals surface area contributed by atoms with Crippen molar-refractivity contribution in [3.63, 3.8) is 0 Å². The molecule has 3 atom stereocenters. The summed E-state index contributed by atoms with van der Waals surface area (Å²) in [6.45, 7) is 9.11. The Bertz CT molecular complexity index is 460. The van der Waals surface area contributed by atoms with Crippen LogP contribution < -0.4 is 5.32 Å². The molecular formula is C18H33IN4O2. The van der Waals surface area contributed by atoms with Gasteiger partial charge in [0.1, 0.15) is 6.10 Å². The summed E-state index contributed by atoms with van der Waals surface area (Å²) < 4.78 is 5.54. The second-order valence-electron chi connectivity index (χ2n) is 7.15. The van der Waals surface area contributed by atoms with E-state index in [0.717, 1.165) is 64.0 Å². The zero-order valence-corrected chi connectivity index (χ0v) is 17.9. The minimum Gasteiger partial charge on any atom is -0.368 e. The van der Waals surface area contributed by atoms with Crippen LogP contribution in [-0.4, -0.2) is 73.1 Å². The van der Waals surface area contributed by atoms with Crippen LogP contribution in [0.2, 0.25) is 0 Å². The summed E-state index contributed by atoms with van der Waals surface area (Å²) in [7, 11) is 0. The highest BCUT2D eigenvalue weighted by Gasteiger charge is 2.38. The number of carbonyl (C=O) groups is 1. The van der Waals surface area contributed by atoms with Gasteiger partial charge in [0.25, 0.3) is 5.91 Å². The van der Waals surface area contributed by atoms with Gasteiger partial charge in [0.2, 0.25) is 0 Å². The average molecular weight is 464 g/mol. The number of hydrogen-bond acceptors (Lipinski definition) is 3. The van der Waals surface area contributed by atoms with Gasteiger partial charge in [-0.05, 0) is 38.5 Å². The highest BCUT2D eigenvalue weighted by molar-refractivity contribution is 14.0. The topological polar surface area (TPSA) is 57.2 Å². The molecule has 0 bridgehead atoms. The predicted molar refractivity (Wildman–Crippen MR) is 110 cm³/mol. The molecule has 3 rings (SSSR count). The van der Waals surface area contributed by atoms with Crippen molar-refractivity contribution in [1.82, 2.24) is 15.1 Å². The molecule has 0 aromatic rings. The van der Waals surface area contributed by atoms with Crippen molar-refractivity contribution in [3.05, 3.63) is 0 Å². The Morgan fingerprint density at radius 3 is 2.52 bits per heavy atom. The first-order valence-electron chi connectivity index (χ1n) is 9.69. The number of amides is 1. The SMILES string of the molecule is CCCC1CC1NC(=NCC)N1CCN(C(=O)C2CCCO2)CC1.I. The molecule has 25 heavy (non-hydrogen) atoms. The Balaban J connectivity index is 0.00000225. The maximum Gasteiger partial charge on any atom is 0.251 e. The number of ether oxygens (including phenoxy) is 1. The molecule has 6 nitrogen and oxygen atoms in total. The van der Waals surface area contributed by atoms with Gasteiger partial charge in [-0.2, -0.15) is 0 Å². The molecule has 1 N–H and O–H groups in total. The third-order valence-electron chi connectivity index (χ3n) is 5.30. The molecule has 0 radical (unpaired) electrons. The first kappa shape index (κ1) is 20.7. The predicted octanol–water partition coefficient (Wildman–Crippen LogP) is 2.08. The molecule has 1 saturated carbocycles. The summed E-state index contributed by atoms with van der Waals surface area (Å²) in [4.78, 5) is 21.4. The molecule has 3 fully saturated rings. The number of hydrogen-bond donors (Lipinski definition) is 1. The fourth-order valence-electron chi connectivity index (χ4n) is 3.78. The first-order chi connectivity index (χ1) is 11.7. The van der Waals surface area contributed by atoms with E-state index in [1.54, 1.807) is 0 Å². The van der Waals surface area contributed by atoms with E-state index in [9.17, 15) is 4.79 Å². The van der Waals surface area contributed by atoms with Crippen molar-refractivity contribution in [2.75, 3.05) is 39.3 Å². The van der Waals surface area contributed by atoms with E-state index < -0.39 is 0 Å². The van der Waals surface area contributed by atoms with Gasteiger partial charge in [-0.15, -0.1) is 24.0 Å². The summed E-state index contributed by atoms with van der Waals surface area (Å²) >= 11 is 0. The van der Waals surface area contributed by atoms with Crippen LogP contribution in [0.25, 0.3) is 0 Å². The number of carbonyl (C=O) groups excluding carboxylic acids is 1. The van der Waals surface area contributed by atoms with Crippen molar-refractivity contribution in [2.24, 2.45) is 10.9 Å². The van der Waals surface area contributed by atoms with Crippen molar-refractivity contribution in [3.8, 4) is 0 Å². The Kier molecular flexibility index (Phi) is 8.25. The third kappa shape index (κ3) is 5.45. The lowest BCUT2D eigenvalue weighted by Crippen LogP contribution is -2.55. The van der Waals surface area contributed by atoms with Crippen LogP contribution in [0.5, 0.6) is 0 Å². The first-order valence-corrected chi connectivity index (χ1v) is 9.69. The molecule has 144 valence electrons. The van der Waals surface area contributed by atoms with E-state index in [-0.39, 0.29) is 36.0 Å². The number of guanidine groups is 1. The highest BCUT2D eigenvalue weighted by atomic mass is 127. The number of aliphatic imine (C=N–C) groups is 1. The van der Waals surface area contributed by atoms with E-state index in [2.05, 4.69) is 29.1 Å². The smallest absolute Gasteiger partial charge is 0.251 e. The van der Waals surface area contributed by atoms with Gasteiger partial charge >= 0.3 is 0 Å². The van der Waals surface area contributed by atoms with Gasteiger partial charge in [-0.25, -0.2) is 0 Å². The van der Waals surface area contributed by atoms with Crippen LogP contribution in [0.4, 0.5) is 0 Å². The minimum atomic E-state index is -0.195. The van der Waals surface area contributed by atoms with Gasteiger partial charge in [0, 0.05) is 45.4 Å². The molecule has 1 amide bonds. The Morgan fingerprint density at radius 1 is 1.20 bits per heavy atom. The van der Waals surface area contributed by atoms with Crippen molar-refractivity contribution < 1.29 is 9.53 Å². The quantitative estimate of drug-likeness (QED) is 0.385. The second-order valence-corrected chi connectivity index (χ2v) is 7.15. The molecule has 2 aliphatic heterocycles. The highest BCUT2D eigenvalue weighted by Crippen LogP contribution is 2.34. The van der Waals surface area contributed by atoms with Gasteiger partial charge in [-0.1, -0.05) is 13.3 Å². The lowest BCUT2D eigenvalue weighted by molar-refractivity contribution is -0.142. The molecule has 1 aliphatic carbocycles. The Labute approximate surface area is 168 Å². The molecule has 0 aromatic heterocycles.